The van der Waals surface area contributed by atoms with Crippen molar-refractivity contribution in [1.29, 1.82) is 0 Å². The van der Waals surface area contributed by atoms with Crippen LogP contribution < -0.4 is 0 Å². The fourth-order valence-electron chi connectivity index (χ4n) is 3.79. The summed E-state index contributed by atoms with van der Waals surface area (Å²) in [5.41, 5.74) is 1.50. The van der Waals surface area contributed by atoms with E-state index in [4.69, 9.17) is 5.21 Å². The Labute approximate surface area is 80.0 Å². The van der Waals surface area contributed by atoms with E-state index in [1.54, 1.807) is 0 Å². The number of fused-ring (bicyclic) bond motifs is 1. The smallest absolute Gasteiger partial charge is 0.0607 e. The molecule has 0 radical (unpaired) electrons. The van der Waals surface area contributed by atoms with Crippen LogP contribution in [0.15, 0.2) is 5.16 Å². The van der Waals surface area contributed by atoms with Crippen molar-refractivity contribution in [1.82, 2.24) is 0 Å². The summed E-state index contributed by atoms with van der Waals surface area (Å²) in [4.78, 5) is 0. The Morgan fingerprint density at radius 1 is 1.46 bits per heavy atom. The highest BCUT2D eigenvalue weighted by Crippen LogP contribution is 2.72. The van der Waals surface area contributed by atoms with Crippen LogP contribution in [0.2, 0.25) is 0 Å². The maximum absolute atomic E-state index is 8.85. The van der Waals surface area contributed by atoms with Gasteiger partial charge in [-0.25, -0.2) is 0 Å². The van der Waals surface area contributed by atoms with Gasteiger partial charge in [0.05, 0.1) is 5.71 Å². The predicted octanol–water partition coefficient (Wildman–Crippen LogP) is 2.76. The van der Waals surface area contributed by atoms with Crippen molar-refractivity contribution in [3.63, 3.8) is 0 Å². The van der Waals surface area contributed by atoms with Crippen LogP contribution >= 0.6 is 0 Å². The molecule has 0 spiro atoms. The average Bonchev–Trinajstić information content (AvgIpc) is 2.51. The van der Waals surface area contributed by atoms with E-state index in [9.17, 15) is 0 Å². The molecule has 0 heterocycles. The van der Waals surface area contributed by atoms with Crippen molar-refractivity contribution < 1.29 is 5.21 Å². The third kappa shape index (κ3) is 0.866. The van der Waals surface area contributed by atoms with Crippen LogP contribution in [0.4, 0.5) is 0 Å². The molecule has 0 aromatic carbocycles. The van der Waals surface area contributed by atoms with Gasteiger partial charge in [-0.05, 0) is 29.6 Å². The molecule has 2 nitrogen and oxygen atoms in total. The maximum atomic E-state index is 8.85. The zero-order valence-corrected chi connectivity index (χ0v) is 8.91. The van der Waals surface area contributed by atoms with Gasteiger partial charge in [0, 0.05) is 5.92 Å². The van der Waals surface area contributed by atoms with Gasteiger partial charge in [0.1, 0.15) is 0 Å². The molecule has 2 saturated carbocycles. The van der Waals surface area contributed by atoms with Gasteiger partial charge in [-0.3, -0.25) is 0 Å². The summed E-state index contributed by atoms with van der Waals surface area (Å²) >= 11 is 0. The predicted molar refractivity (Wildman–Crippen MR) is 52.9 cm³/mol. The molecule has 2 rings (SSSR count). The second-order valence-electron chi connectivity index (χ2n) is 5.14. The molecular formula is C11H19NO. The summed E-state index contributed by atoms with van der Waals surface area (Å²) in [6, 6.07) is 0. The lowest BCUT2D eigenvalue weighted by Crippen LogP contribution is -2.15. The molecule has 2 fully saturated rings. The molecule has 3 unspecified atom stereocenters. The standard InChI is InChI=1S/C11H19NO/c1-6(2)11-5-9(12-13)7(3)10(11)8(11)4/h6-8,10,13H,5H2,1-4H3/b12-9+/t7?,8?,10-,11?/m0/s1. The van der Waals surface area contributed by atoms with Crippen LogP contribution in [0, 0.1) is 29.1 Å². The monoisotopic (exact) mass is 181 g/mol. The lowest BCUT2D eigenvalue weighted by atomic mass is 9.87. The Kier molecular flexibility index (Phi) is 1.73. The van der Waals surface area contributed by atoms with Crippen molar-refractivity contribution in [3.8, 4) is 0 Å². The molecule has 1 N–H and O–H groups in total. The minimum Gasteiger partial charge on any atom is -0.411 e. The molecule has 2 heteroatoms. The van der Waals surface area contributed by atoms with Crippen molar-refractivity contribution >= 4 is 5.71 Å². The topological polar surface area (TPSA) is 32.6 Å². The van der Waals surface area contributed by atoms with E-state index in [-0.39, 0.29) is 0 Å². The van der Waals surface area contributed by atoms with Crippen LogP contribution in [-0.4, -0.2) is 10.9 Å². The van der Waals surface area contributed by atoms with E-state index in [0.717, 1.165) is 24.0 Å². The van der Waals surface area contributed by atoms with Gasteiger partial charge >= 0.3 is 0 Å². The largest absolute Gasteiger partial charge is 0.411 e. The lowest BCUT2D eigenvalue weighted by molar-refractivity contribution is 0.308. The van der Waals surface area contributed by atoms with E-state index in [1.165, 1.54) is 0 Å². The molecule has 0 amide bonds. The lowest BCUT2D eigenvalue weighted by Gasteiger charge is -2.17. The van der Waals surface area contributed by atoms with Gasteiger partial charge in [0.15, 0.2) is 0 Å². The quantitative estimate of drug-likeness (QED) is 0.489. The molecule has 74 valence electrons. The van der Waals surface area contributed by atoms with E-state index in [0.29, 0.717) is 17.3 Å². The maximum Gasteiger partial charge on any atom is 0.0607 e. The van der Waals surface area contributed by atoms with Gasteiger partial charge in [-0.1, -0.05) is 32.9 Å². The first-order valence-corrected chi connectivity index (χ1v) is 5.26. The number of hydrogen-bond acceptors (Lipinski definition) is 2. The SMILES string of the molecule is CC1/C(=N/O)CC2(C(C)C)C(C)[C@H]12. The summed E-state index contributed by atoms with van der Waals surface area (Å²) < 4.78 is 0. The highest BCUT2D eigenvalue weighted by atomic mass is 16.4. The van der Waals surface area contributed by atoms with Crippen LogP contribution in [0.5, 0.6) is 0 Å². The highest BCUT2D eigenvalue weighted by Gasteiger charge is 2.70. The van der Waals surface area contributed by atoms with Gasteiger partial charge in [0.2, 0.25) is 0 Å². The fraction of sp³-hybridized carbons (Fsp3) is 0.909. The van der Waals surface area contributed by atoms with E-state index in [1.807, 2.05) is 0 Å². The Morgan fingerprint density at radius 3 is 2.46 bits per heavy atom. The van der Waals surface area contributed by atoms with E-state index in [2.05, 4.69) is 32.9 Å². The van der Waals surface area contributed by atoms with Gasteiger partial charge < -0.3 is 5.21 Å². The zero-order valence-electron chi connectivity index (χ0n) is 8.91. The molecule has 0 aromatic rings. The van der Waals surface area contributed by atoms with Crippen molar-refractivity contribution in [2.24, 2.45) is 34.2 Å². The second kappa shape index (κ2) is 2.49. The van der Waals surface area contributed by atoms with Crippen LogP contribution in [-0.2, 0) is 0 Å². The summed E-state index contributed by atoms with van der Waals surface area (Å²) in [7, 11) is 0. The molecule has 0 saturated heterocycles. The van der Waals surface area contributed by atoms with Gasteiger partial charge in [-0.15, -0.1) is 0 Å². The zero-order chi connectivity index (χ0) is 9.80. The van der Waals surface area contributed by atoms with Crippen LogP contribution in [0.25, 0.3) is 0 Å². The molecular weight excluding hydrogens is 162 g/mol. The first-order valence-electron chi connectivity index (χ1n) is 5.26. The third-order valence-corrected chi connectivity index (χ3v) is 4.65. The second-order valence-corrected chi connectivity index (χ2v) is 5.14. The molecule has 13 heavy (non-hydrogen) atoms. The third-order valence-electron chi connectivity index (χ3n) is 4.65. The molecule has 0 aliphatic heterocycles. The van der Waals surface area contributed by atoms with Crippen LogP contribution in [0.3, 0.4) is 0 Å². The Bertz CT molecular complexity index is 259. The molecule has 4 atom stereocenters. The minimum atomic E-state index is 0.473. The number of oxime groups is 1. The number of hydrogen-bond donors (Lipinski definition) is 1. The normalized spacial score (nSPS) is 51.5. The van der Waals surface area contributed by atoms with Crippen molar-refractivity contribution in [2.75, 3.05) is 0 Å². The van der Waals surface area contributed by atoms with E-state index < -0.39 is 0 Å². The molecule has 0 bridgehead atoms. The van der Waals surface area contributed by atoms with E-state index >= 15 is 0 Å². The Hall–Kier alpha value is -0.530. The van der Waals surface area contributed by atoms with Crippen LogP contribution in [0.1, 0.15) is 34.1 Å². The van der Waals surface area contributed by atoms with Crippen molar-refractivity contribution in [2.45, 2.75) is 34.1 Å². The Morgan fingerprint density at radius 2 is 2.08 bits per heavy atom. The van der Waals surface area contributed by atoms with Crippen molar-refractivity contribution in [3.05, 3.63) is 0 Å². The summed E-state index contributed by atoms with van der Waals surface area (Å²) in [5, 5.41) is 12.3. The Balaban J connectivity index is 2.27. The average molecular weight is 181 g/mol. The first kappa shape index (κ1) is 9.04. The summed E-state index contributed by atoms with van der Waals surface area (Å²) in [6.07, 6.45) is 1.02. The molecule has 2 aliphatic carbocycles. The molecule has 2 aliphatic rings. The highest BCUT2D eigenvalue weighted by molar-refractivity contribution is 5.91. The van der Waals surface area contributed by atoms with Gasteiger partial charge in [0.25, 0.3) is 0 Å². The fourth-order valence-corrected chi connectivity index (χ4v) is 3.79. The summed E-state index contributed by atoms with van der Waals surface area (Å²) in [5.74, 6) is 2.82. The summed E-state index contributed by atoms with van der Waals surface area (Å²) in [6.45, 7) is 9.13. The number of rotatable bonds is 1. The first-order chi connectivity index (χ1) is 6.05. The van der Waals surface area contributed by atoms with Gasteiger partial charge in [-0.2, -0.15) is 0 Å². The molecule has 0 aromatic heterocycles. The number of nitrogens with zero attached hydrogens (tertiary/aromatic N) is 1. The minimum absolute atomic E-state index is 0.473.